The largest absolute Gasteiger partial charge is 0.302 e. The molecule has 0 aromatic heterocycles. The molecule has 0 bridgehead atoms. The smallest absolute Gasteiger partial charge is 0.0991 e. The highest BCUT2D eigenvalue weighted by atomic mass is 35.5. The van der Waals surface area contributed by atoms with Gasteiger partial charge in [0.05, 0.1) is 11.6 Å². The molecule has 0 atom stereocenters. The molecule has 0 aliphatic carbocycles. The van der Waals surface area contributed by atoms with Crippen LogP contribution >= 0.6 is 11.6 Å². The lowest BCUT2D eigenvalue weighted by Crippen LogP contribution is -2.19. The van der Waals surface area contributed by atoms with E-state index in [-0.39, 0.29) is 0 Å². The van der Waals surface area contributed by atoms with Crippen molar-refractivity contribution in [2.24, 2.45) is 0 Å². The zero-order valence-corrected chi connectivity index (χ0v) is 11.8. The van der Waals surface area contributed by atoms with Crippen LogP contribution in [0.1, 0.15) is 36.8 Å². The third kappa shape index (κ3) is 6.05. The van der Waals surface area contributed by atoms with E-state index in [9.17, 15) is 0 Å². The van der Waals surface area contributed by atoms with Crippen molar-refractivity contribution in [1.82, 2.24) is 4.90 Å². The van der Waals surface area contributed by atoms with Gasteiger partial charge in [0, 0.05) is 12.4 Å². The molecule has 0 saturated heterocycles. The first kappa shape index (κ1) is 15.0. The summed E-state index contributed by atoms with van der Waals surface area (Å²) in [6.07, 6.45) is 4.80. The Morgan fingerprint density at radius 3 is 2.72 bits per heavy atom. The van der Waals surface area contributed by atoms with Crippen LogP contribution in [0.3, 0.4) is 0 Å². The first-order valence-corrected chi connectivity index (χ1v) is 7.03. The van der Waals surface area contributed by atoms with E-state index >= 15 is 0 Å². The van der Waals surface area contributed by atoms with E-state index in [1.165, 1.54) is 24.8 Å². The predicted octanol–water partition coefficient (Wildman–Crippen LogP) is 3.79. The van der Waals surface area contributed by atoms with Gasteiger partial charge < -0.3 is 4.90 Å². The van der Waals surface area contributed by atoms with Crippen molar-refractivity contribution >= 4 is 11.6 Å². The van der Waals surface area contributed by atoms with Crippen LogP contribution < -0.4 is 0 Å². The number of alkyl halides is 1. The summed E-state index contributed by atoms with van der Waals surface area (Å²) in [5.74, 6) is 0.775. The highest BCUT2D eigenvalue weighted by molar-refractivity contribution is 6.17. The number of hydrogen-bond donors (Lipinski definition) is 0. The van der Waals surface area contributed by atoms with Crippen molar-refractivity contribution < 1.29 is 0 Å². The Labute approximate surface area is 115 Å². The van der Waals surface area contributed by atoms with Crippen LogP contribution in [-0.4, -0.2) is 24.4 Å². The number of halogens is 1. The van der Waals surface area contributed by atoms with Crippen LogP contribution in [0, 0.1) is 11.3 Å². The SMILES string of the molecule is CN(CCCCCCCl)Cc1cccc(C#N)c1. The molecular weight excluding hydrogens is 244 g/mol. The van der Waals surface area contributed by atoms with Crippen LogP contribution in [0.25, 0.3) is 0 Å². The van der Waals surface area contributed by atoms with E-state index in [2.05, 4.69) is 24.1 Å². The summed E-state index contributed by atoms with van der Waals surface area (Å²) in [5, 5.41) is 8.85. The fourth-order valence-electron chi connectivity index (χ4n) is 1.96. The third-order valence-electron chi connectivity index (χ3n) is 2.93. The molecule has 0 radical (unpaired) electrons. The van der Waals surface area contributed by atoms with Gasteiger partial charge in [0.25, 0.3) is 0 Å². The molecule has 1 aromatic carbocycles. The summed E-state index contributed by atoms with van der Waals surface area (Å²) < 4.78 is 0. The Morgan fingerprint density at radius 1 is 1.22 bits per heavy atom. The molecule has 0 spiro atoms. The lowest BCUT2D eigenvalue weighted by molar-refractivity contribution is 0.317. The molecule has 0 N–H and O–H groups in total. The monoisotopic (exact) mass is 264 g/mol. The second-order valence-corrected chi connectivity index (χ2v) is 5.03. The van der Waals surface area contributed by atoms with Crippen LogP contribution in [-0.2, 0) is 6.54 Å². The van der Waals surface area contributed by atoms with Gasteiger partial charge in [-0.3, -0.25) is 0 Å². The topological polar surface area (TPSA) is 27.0 Å². The Morgan fingerprint density at radius 2 is 2.00 bits per heavy atom. The van der Waals surface area contributed by atoms with Gasteiger partial charge in [-0.05, 0) is 44.1 Å². The Kier molecular flexibility index (Phi) is 7.48. The fourth-order valence-corrected chi connectivity index (χ4v) is 2.15. The number of nitriles is 1. The summed E-state index contributed by atoms with van der Waals surface area (Å²) in [6, 6.07) is 10.0. The predicted molar refractivity (Wildman–Crippen MR) is 76.7 cm³/mol. The molecule has 0 aliphatic rings. The van der Waals surface area contributed by atoms with Crippen LogP contribution in [0.15, 0.2) is 24.3 Å². The fraction of sp³-hybridized carbons (Fsp3) is 0.533. The van der Waals surface area contributed by atoms with E-state index in [4.69, 9.17) is 16.9 Å². The first-order valence-electron chi connectivity index (χ1n) is 6.50. The van der Waals surface area contributed by atoms with Crippen LogP contribution in [0.4, 0.5) is 0 Å². The van der Waals surface area contributed by atoms with Gasteiger partial charge >= 0.3 is 0 Å². The average Bonchev–Trinajstić information content (AvgIpc) is 2.38. The summed E-state index contributed by atoms with van der Waals surface area (Å²) in [5.41, 5.74) is 1.94. The maximum Gasteiger partial charge on any atom is 0.0991 e. The van der Waals surface area contributed by atoms with Gasteiger partial charge in [0.1, 0.15) is 0 Å². The van der Waals surface area contributed by atoms with Crippen LogP contribution in [0.2, 0.25) is 0 Å². The van der Waals surface area contributed by atoms with Gasteiger partial charge in [-0.15, -0.1) is 11.6 Å². The molecule has 0 amide bonds. The first-order chi connectivity index (χ1) is 8.76. The number of rotatable bonds is 8. The van der Waals surface area contributed by atoms with Gasteiger partial charge in [-0.2, -0.15) is 5.26 Å². The second-order valence-electron chi connectivity index (χ2n) is 4.65. The molecule has 0 fully saturated rings. The Hall–Kier alpha value is -1.04. The van der Waals surface area contributed by atoms with Gasteiger partial charge in [-0.1, -0.05) is 25.0 Å². The molecule has 1 rings (SSSR count). The number of unbranched alkanes of at least 4 members (excludes halogenated alkanes) is 3. The average molecular weight is 265 g/mol. The molecule has 18 heavy (non-hydrogen) atoms. The van der Waals surface area contributed by atoms with Crippen molar-refractivity contribution in [1.29, 1.82) is 5.26 Å². The van der Waals surface area contributed by atoms with Crippen molar-refractivity contribution in [3.8, 4) is 6.07 Å². The summed E-state index contributed by atoms with van der Waals surface area (Å²) in [4.78, 5) is 2.30. The zero-order chi connectivity index (χ0) is 13.2. The highest BCUT2D eigenvalue weighted by Crippen LogP contribution is 2.08. The van der Waals surface area contributed by atoms with Crippen molar-refractivity contribution in [2.75, 3.05) is 19.5 Å². The van der Waals surface area contributed by atoms with E-state index in [0.29, 0.717) is 0 Å². The van der Waals surface area contributed by atoms with E-state index in [0.717, 1.165) is 31.0 Å². The molecule has 1 aromatic rings. The molecule has 2 nitrogen and oxygen atoms in total. The minimum Gasteiger partial charge on any atom is -0.302 e. The summed E-state index contributed by atoms with van der Waals surface area (Å²) in [7, 11) is 2.13. The molecular formula is C15H21ClN2. The molecule has 3 heteroatoms. The zero-order valence-electron chi connectivity index (χ0n) is 11.0. The molecule has 0 heterocycles. The van der Waals surface area contributed by atoms with Crippen LogP contribution in [0.5, 0.6) is 0 Å². The van der Waals surface area contributed by atoms with Crippen molar-refractivity contribution in [2.45, 2.75) is 32.2 Å². The van der Waals surface area contributed by atoms with Crippen molar-refractivity contribution in [3.63, 3.8) is 0 Å². The van der Waals surface area contributed by atoms with Gasteiger partial charge in [-0.25, -0.2) is 0 Å². The standard InChI is InChI=1S/C15H21ClN2/c1-18(10-5-3-2-4-9-16)13-15-8-6-7-14(11-15)12-17/h6-8,11H,2-5,9-10,13H2,1H3. The minimum absolute atomic E-state index is 0.739. The summed E-state index contributed by atoms with van der Waals surface area (Å²) in [6.45, 7) is 2.00. The maximum atomic E-state index is 8.85. The molecule has 0 aliphatic heterocycles. The van der Waals surface area contributed by atoms with E-state index in [1.54, 1.807) is 0 Å². The number of hydrogen-bond acceptors (Lipinski definition) is 2. The highest BCUT2D eigenvalue weighted by Gasteiger charge is 2.01. The van der Waals surface area contributed by atoms with Gasteiger partial charge in [0.2, 0.25) is 0 Å². The molecule has 0 unspecified atom stereocenters. The lowest BCUT2D eigenvalue weighted by atomic mass is 10.1. The Bertz CT molecular complexity index is 384. The summed E-state index contributed by atoms with van der Waals surface area (Å²) >= 11 is 5.64. The van der Waals surface area contributed by atoms with Gasteiger partial charge in [0.15, 0.2) is 0 Å². The van der Waals surface area contributed by atoms with E-state index < -0.39 is 0 Å². The normalized spacial score (nSPS) is 10.6. The number of benzene rings is 1. The Balaban J connectivity index is 2.26. The quantitative estimate of drug-likeness (QED) is 0.528. The minimum atomic E-state index is 0.739. The second kappa shape index (κ2) is 8.97. The third-order valence-corrected chi connectivity index (χ3v) is 3.20. The molecule has 98 valence electrons. The number of nitrogens with zero attached hydrogens (tertiary/aromatic N) is 2. The van der Waals surface area contributed by atoms with Crippen molar-refractivity contribution in [3.05, 3.63) is 35.4 Å². The maximum absolute atomic E-state index is 8.85. The molecule has 0 saturated carbocycles. The van der Waals surface area contributed by atoms with E-state index in [1.807, 2.05) is 18.2 Å². The lowest BCUT2D eigenvalue weighted by Gasteiger charge is -2.16.